The number of aromatic nitrogens is 2. The lowest BCUT2D eigenvalue weighted by Crippen LogP contribution is -2.44. The number of carboxylic acids is 1. The highest BCUT2D eigenvalue weighted by Crippen LogP contribution is 2.04. The lowest BCUT2D eigenvalue weighted by Gasteiger charge is -2.17. The monoisotopic (exact) mass is 225 g/mol. The number of rotatable bonds is 4. The topological polar surface area (TPSA) is 84.2 Å². The van der Waals surface area contributed by atoms with Crippen LogP contribution >= 0.6 is 0 Å². The maximum absolute atomic E-state index is 11.6. The van der Waals surface area contributed by atoms with Gasteiger partial charge in [0.1, 0.15) is 6.04 Å². The van der Waals surface area contributed by atoms with Crippen LogP contribution in [0, 0.1) is 5.92 Å². The van der Waals surface area contributed by atoms with Crippen LogP contribution in [0.15, 0.2) is 12.4 Å². The fraction of sp³-hybridized carbons (Fsp3) is 0.500. The first kappa shape index (κ1) is 12.2. The first-order valence-corrected chi connectivity index (χ1v) is 4.94. The molecule has 0 aliphatic rings. The van der Waals surface area contributed by atoms with Gasteiger partial charge in [-0.2, -0.15) is 5.10 Å². The van der Waals surface area contributed by atoms with E-state index in [0.29, 0.717) is 5.56 Å². The Labute approximate surface area is 93.3 Å². The van der Waals surface area contributed by atoms with Crippen molar-refractivity contribution in [1.82, 2.24) is 15.1 Å². The third-order valence-electron chi connectivity index (χ3n) is 2.19. The molecule has 0 spiro atoms. The highest BCUT2D eigenvalue weighted by Gasteiger charge is 2.24. The highest BCUT2D eigenvalue weighted by molar-refractivity contribution is 5.96. The van der Waals surface area contributed by atoms with Gasteiger partial charge in [0.05, 0.1) is 11.8 Å². The maximum Gasteiger partial charge on any atom is 0.326 e. The molecular formula is C10H15N3O3. The molecule has 0 fully saturated rings. The number of hydrogen-bond donors (Lipinski definition) is 2. The highest BCUT2D eigenvalue weighted by atomic mass is 16.4. The maximum atomic E-state index is 11.6. The minimum absolute atomic E-state index is 0.168. The molecule has 0 saturated carbocycles. The quantitative estimate of drug-likeness (QED) is 0.769. The second kappa shape index (κ2) is 4.78. The van der Waals surface area contributed by atoms with Crippen molar-refractivity contribution in [3.8, 4) is 0 Å². The van der Waals surface area contributed by atoms with E-state index in [9.17, 15) is 9.59 Å². The van der Waals surface area contributed by atoms with Crippen LogP contribution in [0.5, 0.6) is 0 Å². The van der Waals surface area contributed by atoms with Crippen LogP contribution in [0.3, 0.4) is 0 Å². The first-order valence-electron chi connectivity index (χ1n) is 4.94. The van der Waals surface area contributed by atoms with Gasteiger partial charge in [0.2, 0.25) is 0 Å². The van der Waals surface area contributed by atoms with E-state index in [0.717, 1.165) is 0 Å². The largest absolute Gasteiger partial charge is 0.480 e. The molecule has 1 rings (SSSR count). The van der Waals surface area contributed by atoms with Gasteiger partial charge in [0.25, 0.3) is 5.91 Å². The van der Waals surface area contributed by atoms with Crippen LogP contribution in [-0.4, -0.2) is 32.8 Å². The van der Waals surface area contributed by atoms with E-state index in [-0.39, 0.29) is 5.92 Å². The van der Waals surface area contributed by atoms with Gasteiger partial charge in [0, 0.05) is 13.2 Å². The van der Waals surface area contributed by atoms with Crippen molar-refractivity contribution >= 4 is 11.9 Å². The number of carbonyl (C=O) groups excluding carboxylic acids is 1. The lowest BCUT2D eigenvalue weighted by atomic mass is 10.0. The summed E-state index contributed by atoms with van der Waals surface area (Å²) in [7, 11) is 1.69. The molecule has 0 bridgehead atoms. The molecule has 1 amide bonds. The number of amides is 1. The zero-order chi connectivity index (χ0) is 12.3. The Morgan fingerprint density at radius 3 is 2.50 bits per heavy atom. The molecule has 1 atom stereocenters. The molecule has 2 N–H and O–H groups in total. The van der Waals surface area contributed by atoms with Gasteiger partial charge in [-0.25, -0.2) is 4.79 Å². The van der Waals surface area contributed by atoms with Gasteiger partial charge in [-0.3, -0.25) is 9.48 Å². The van der Waals surface area contributed by atoms with Crippen molar-refractivity contribution in [1.29, 1.82) is 0 Å². The minimum Gasteiger partial charge on any atom is -0.480 e. The fourth-order valence-corrected chi connectivity index (χ4v) is 1.28. The third-order valence-corrected chi connectivity index (χ3v) is 2.19. The van der Waals surface area contributed by atoms with E-state index in [1.165, 1.54) is 17.1 Å². The van der Waals surface area contributed by atoms with Crippen LogP contribution < -0.4 is 5.32 Å². The Bertz CT molecular complexity index is 398. The number of aryl methyl sites for hydroxylation is 1. The van der Waals surface area contributed by atoms with Crippen molar-refractivity contribution in [2.45, 2.75) is 19.9 Å². The minimum atomic E-state index is -1.03. The number of nitrogens with one attached hydrogen (secondary N) is 1. The van der Waals surface area contributed by atoms with Gasteiger partial charge >= 0.3 is 5.97 Å². The van der Waals surface area contributed by atoms with E-state index in [1.54, 1.807) is 20.9 Å². The molecule has 1 aromatic rings. The van der Waals surface area contributed by atoms with Crippen LogP contribution in [0.1, 0.15) is 24.2 Å². The van der Waals surface area contributed by atoms with Gasteiger partial charge in [-0.15, -0.1) is 0 Å². The Hall–Kier alpha value is -1.85. The van der Waals surface area contributed by atoms with E-state index >= 15 is 0 Å². The summed E-state index contributed by atoms with van der Waals surface area (Å²) in [6, 6.07) is -0.882. The Balaban J connectivity index is 2.73. The lowest BCUT2D eigenvalue weighted by molar-refractivity contribution is -0.140. The summed E-state index contributed by atoms with van der Waals surface area (Å²) in [5.41, 5.74) is 0.356. The second-order valence-electron chi connectivity index (χ2n) is 3.94. The standard InChI is InChI=1S/C10H15N3O3/c1-6(2)8(10(15)16)12-9(14)7-4-11-13(3)5-7/h4-6,8H,1-3H3,(H,12,14)(H,15,16). The molecule has 6 nitrogen and oxygen atoms in total. The summed E-state index contributed by atoms with van der Waals surface area (Å²) in [6.07, 6.45) is 2.93. The zero-order valence-corrected chi connectivity index (χ0v) is 9.47. The second-order valence-corrected chi connectivity index (χ2v) is 3.94. The molecule has 0 aromatic carbocycles. The summed E-state index contributed by atoms with van der Waals surface area (Å²) in [5, 5.41) is 15.2. The molecule has 0 aliphatic carbocycles. The number of nitrogens with zero attached hydrogens (tertiary/aromatic N) is 2. The van der Waals surface area contributed by atoms with Crippen LogP contribution in [0.2, 0.25) is 0 Å². The molecule has 0 aliphatic heterocycles. The summed E-state index contributed by atoms with van der Waals surface area (Å²) in [5.74, 6) is -1.63. The van der Waals surface area contributed by atoms with E-state index < -0.39 is 17.9 Å². The average Bonchev–Trinajstić information content (AvgIpc) is 2.59. The van der Waals surface area contributed by atoms with Crippen LogP contribution in [0.25, 0.3) is 0 Å². The Morgan fingerprint density at radius 1 is 1.50 bits per heavy atom. The summed E-state index contributed by atoms with van der Waals surface area (Å²) >= 11 is 0. The van der Waals surface area contributed by atoms with Crippen molar-refractivity contribution in [2.24, 2.45) is 13.0 Å². The van der Waals surface area contributed by atoms with E-state index in [2.05, 4.69) is 10.4 Å². The number of carbonyl (C=O) groups is 2. The Morgan fingerprint density at radius 2 is 2.12 bits per heavy atom. The molecule has 88 valence electrons. The summed E-state index contributed by atoms with van der Waals surface area (Å²) < 4.78 is 1.49. The van der Waals surface area contributed by atoms with Gasteiger partial charge < -0.3 is 10.4 Å². The van der Waals surface area contributed by atoms with E-state index in [1.807, 2.05) is 0 Å². The van der Waals surface area contributed by atoms with Crippen molar-refractivity contribution in [3.63, 3.8) is 0 Å². The molecule has 6 heteroatoms. The normalized spacial score (nSPS) is 12.5. The molecule has 16 heavy (non-hydrogen) atoms. The molecule has 0 saturated heterocycles. The fourth-order valence-electron chi connectivity index (χ4n) is 1.28. The third kappa shape index (κ3) is 2.82. The summed E-state index contributed by atoms with van der Waals surface area (Å²) in [6.45, 7) is 3.48. The predicted octanol–water partition coefficient (Wildman–Crippen LogP) is 0.259. The number of carboxylic acid groups (broad SMARTS) is 1. The zero-order valence-electron chi connectivity index (χ0n) is 9.47. The van der Waals surface area contributed by atoms with Crippen LogP contribution in [0.4, 0.5) is 0 Å². The Kier molecular flexibility index (Phi) is 3.65. The van der Waals surface area contributed by atoms with Crippen molar-refractivity contribution in [2.75, 3.05) is 0 Å². The number of aliphatic carboxylic acids is 1. The molecule has 0 radical (unpaired) electrons. The average molecular weight is 225 g/mol. The van der Waals surface area contributed by atoms with E-state index in [4.69, 9.17) is 5.11 Å². The van der Waals surface area contributed by atoms with Gasteiger partial charge in [-0.1, -0.05) is 13.8 Å². The predicted molar refractivity (Wildman–Crippen MR) is 56.9 cm³/mol. The molecule has 1 aromatic heterocycles. The van der Waals surface area contributed by atoms with Gasteiger partial charge in [-0.05, 0) is 5.92 Å². The van der Waals surface area contributed by atoms with Crippen molar-refractivity contribution < 1.29 is 14.7 Å². The SMILES string of the molecule is CC(C)C(NC(=O)c1cnn(C)c1)C(=O)O. The van der Waals surface area contributed by atoms with Crippen LogP contribution in [-0.2, 0) is 11.8 Å². The molecule has 1 unspecified atom stereocenters. The van der Waals surface area contributed by atoms with Crippen molar-refractivity contribution in [3.05, 3.63) is 18.0 Å². The van der Waals surface area contributed by atoms with Gasteiger partial charge in [0.15, 0.2) is 0 Å². The summed E-state index contributed by atoms with van der Waals surface area (Å²) in [4.78, 5) is 22.5. The molecular weight excluding hydrogens is 210 g/mol. The first-order chi connectivity index (χ1) is 7.41. The smallest absolute Gasteiger partial charge is 0.326 e. The number of hydrogen-bond acceptors (Lipinski definition) is 3. The molecule has 1 heterocycles.